The molecule has 27 heavy (non-hydrogen) atoms. The molecule has 1 saturated heterocycles. The van der Waals surface area contributed by atoms with Gasteiger partial charge in [-0.2, -0.15) is 0 Å². The second-order valence-electron chi connectivity index (χ2n) is 6.51. The van der Waals surface area contributed by atoms with Crippen LogP contribution in [0.5, 0.6) is 5.75 Å². The molecule has 0 radical (unpaired) electrons. The first-order valence-electron chi connectivity index (χ1n) is 9.10. The molecule has 0 spiro atoms. The van der Waals surface area contributed by atoms with Gasteiger partial charge in [0.05, 0.1) is 32.5 Å². The number of methoxy groups -OCH3 is 1. The van der Waals surface area contributed by atoms with Crippen molar-refractivity contribution in [1.29, 1.82) is 0 Å². The van der Waals surface area contributed by atoms with Gasteiger partial charge in [-0.25, -0.2) is 0 Å². The standard InChI is InChI=1S/C20H25N3O4/c1-26-18-9-3-2-6-15(18)12-21-19(24)14-23-10-4-8-17(23)20(25)22-13-16-7-5-11-27-16/h2-3,5-7,9,11,17H,4,8,10,12-14H2,1H3,(H,21,24)(H,22,25). The van der Waals surface area contributed by atoms with Gasteiger partial charge in [-0.3, -0.25) is 14.5 Å². The molecule has 3 rings (SSSR count). The molecule has 0 saturated carbocycles. The fraction of sp³-hybridized carbons (Fsp3) is 0.400. The Kier molecular flexibility index (Phi) is 6.49. The zero-order valence-corrected chi connectivity index (χ0v) is 15.4. The number of hydrogen-bond acceptors (Lipinski definition) is 5. The van der Waals surface area contributed by atoms with Crippen molar-refractivity contribution < 1.29 is 18.7 Å². The molecule has 1 aromatic heterocycles. The first kappa shape index (κ1) is 19.0. The van der Waals surface area contributed by atoms with Gasteiger partial charge in [-0.1, -0.05) is 18.2 Å². The average molecular weight is 371 g/mol. The largest absolute Gasteiger partial charge is 0.496 e. The lowest BCUT2D eigenvalue weighted by atomic mass is 10.2. The van der Waals surface area contributed by atoms with Crippen LogP contribution in [-0.4, -0.2) is 43.0 Å². The Morgan fingerprint density at radius 2 is 2.04 bits per heavy atom. The van der Waals surface area contributed by atoms with Gasteiger partial charge < -0.3 is 19.8 Å². The number of para-hydroxylation sites is 1. The molecule has 1 aliphatic heterocycles. The quantitative estimate of drug-likeness (QED) is 0.738. The van der Waals surface area contributed by atoms with Gasteiger partial charge in [-0.05, 0) is 37.6 Å². The number of carbonyl (C=O) groups excluding carboxylic acids is 2. The Morgan fingerprint density at radius 1 is 1.19 bits per heavy atom. The molecule has 1 atom stereocenters. The minimum Gasteiger partial charge on any atom is -0.496 e. The molecule has 7 nitrogen and oxygen atoms in total. The maximum atomic E-state index is 12.5. The van der Waals surface area contributed by atoms with E-state index in [1.54, 1.807) is 19.4 Å². The molecular weight excluding hydrogens is 346 g/mol. The van der Waals surface area contributed by atoms with Crippen LogP contribution in [-0.2, 0) is 22.7 Å². The number of amides is 2. The highest BCUT2D eigenvalue weighted by Gasteiger charge is 2.31. The first-order chi connectivity index (χ1) is 13.2. The second kappa shape index (κ2) is 9.23. The van der Waals surface area contributed by atoms with E-state index in [2.05, 4.69) is 10.6 Å². The normalized spacial score (nSPS) is 16.9. The first-order valence-corrected chi connectivity index (χ1v) is 9.10. The van der Waals surface area contributed by atoms with Crippen molar-refractivity contribution in [2.75, 3.05) is 20.2 Å². The van der Waals surface area contributed by atoms with Gasteiger partial charge in [0, 0.05) is 12.1 Å². The second-order valence-corrected chi connectivity index (χ2v) is 6.51. The average Bonchev–Trinajstić information content (AvgIpc) is 3.36. The summed E-state index contributed by atoms with van der Waals surface area (Å²) in [5.74, 6) is 1.28. The molecular formula is C20H25N3O4. The van der Waals surface area contributed by atoms with E-state index in [1.165, 1.54) is 0 Å². The number of furan rings is 1. The zero-order chi connectivity index (χ0) is 19.1. The lowest BCUT2D eigenvalue weighted by Crippen LogP contribution is -2.46. The van der Waals surface area contributed by atoms with Crippen LogP contribution in [0, 0.1) is 0 Å². The Hall–Kier alpha value is -2.80. The predicted octanol–water partition coefficient (Wildman–Crippen LogP) is 1.69. The Morgan fingerprint density at radius 3 is 2.81 bits per heavy atom. The number of nitrogens with zero attached hydrogens (tertiary/aromatic N) is 1. The summed E-state index contributed by atoms with van der Waals surface area (Å²) in [5, 5.41) is 5.79. The molecule has 2 N–H and O–H groups in total. The van der Waals surface area contributed by atoms with Crippen LogP contribution in [0.3, 0.4) is 0 Å². The van der Waals surface area contributed by atoms with Gasteiger partial charge in [0.2, 0.25) is 11.8 Å². The molecule has 1 fully saturated rings. The monoisotopic (exact) mass is 371 g/mol. The molecule has 0 bridgehead atoms. The van der Waals surface area contributed by atoms with Crippen LogP contribution >= 0.6 is 0 Å². The topological polar surface area (TPSA) is 83.8 Å². The van der Waals surface area contributed by atoms with Crippen LogP contribution in [0.1, 0.15) is 24.2 Å². The molecule has 0 aliphatic carbocycles. The number of ether oxygens (including phenoxy) is 1. The van der Waals surface area contributed by atoms with Gasteiger partial charge >= 0.3 is 0 Å². The Labute approximate surface area is 158 Å². The highest BCUT2D eigenvalue weighted by molar-refractivity contribution is 5.84. The Bertz CT molecular complexity index is 760. The van der Waals surface area contributed by atoms with Crippen LogP contribution in [0.2, 0.25) is 0 Å². The fourth-order valence-corrected chi connectivity index (χ4v) is 3.30. The number of carbonyl (C=O) groups is 2. The minimum absolute atomic E-state index is 0.0681. The van der Waals surface area contributed by atoms with Crippen molar-refractivity contribution in [3.05, 3.63) is 54.0 Å². The molecule has 1 aliphatic rings. The summed E-state index contributed by atoms with van der Waals surface area (Å²) in [7, 11) is 1.61. The van der Waals surface area contributed by atoms with Gasteiger partial charge in [-0.15, -0.1) is 0 Å². The summed E-state index contributed by atoms with van der Waals surface area (Å²) in [6.07, 6.45) is 3.23. The minimum atomic E-state index is -0.281. The number of benzene rings is 1. The van der Waals surface area contributed by atoms with Crippen molar-refractivity contribution >= 4 is 11.8 Å². The van der Waals surface area contributed by atoms with Crippen LogP contribution < -0.4 is 15.4 Å². The van der Waals surface area contributed by atoms with Crippen LogP contribution in [0.15, 0.2) is 47.1 Å². The number of rotatable bonds is 8. The Balaban J connectivity index is 1.48. The predicted molar refractivity (Wildman–Crippen MR) is 100.0 cm³/mol. The molecule has 1 unspecified atom stereocenters. The molecule has 2 amide bonds. The molecule has 7 heteroatoms. The van der Waals surface area contributed by atoms with E-state index in [0.29, 0.717) is 18.8 Å². The van der Waals surface area contributed by atoms with Gasteiger partial charge in [0.15, 0.2) is 0 Å². The summed E-state index contributed by atoms with van der Waals surface area (Å²) in [5.41, 5.74) is 0.919. The lowest BCUT2D eigenvalue weighted by molar-refractivity contribution is -0.127. The number of likely N-dealkylation sites (tertiary alicyclic amines) is 1. The number of hydrogen-bond donors (Lipinski definition) is 2. The van der Waals surface area contributed by atoms with Crippen LogP contribution in [0.4, 0.5) is 0 Å². The van der Waals surface area contributed by atoms with Crippen molar-refractivity contribution in [2.45, 2.75) is 32.0 Å². The van der Waals surface area contributed by atoms with E-state index in [1.807, 2.05) is 35.2 Å². The van der Waals surface area contributed by atoms with E-state index in [4.69, 9.17) is 9.15 Å². The molecule has 2 aromatic rings. The van der Waals surface area contributed by atoms with Crippen LogP contribution in [0.25, 0.3) is 0 Å². The summed E-state index contributed by atoms with van der Waals surface area (Å²) in [4.78, 5) is 26.7. The van der Waals surface area contributed by atoms with Crippen molar-refractivity contribution in [3.8, 4) is 5.75 Å². The third kappa shape index (κ3) is 5.10. The summed E-state index contributed by atoms with van der Waals surface area (Å²) in [6.45, 7) is 1.69. The number of nitrogens with one attached hydrogen (secondary N) is 2. The van der Waals surface area contributed by atoms with E-state index in [0.717, 1.165) is 30.7 Å². The fourth-order valence-electron chi connectivity index (χ4n) is 3.30. The third-order valence-corrected chi connectivity index (χ3v) is 4.70. The van der Waals surface area contributed by atoms with E-state index < -0.39 is 0 Å². The lowest BCUT2D eigenvalue weighted by Gasteiger charge is -2.23. The van der Waals surface area contributed by atoms with Gasteiger partial charge in [0.25, 0.3) is 0 Å². The summed E-state index contributed by atoms with van der Waals surface area (Å²) in [6, 6.07) is 10.9. The highest BCUT2D eigenvalue weighted by atomic mass is 16.5. The summed E-state index contributed by atoms with van der Waals surface area (Å²) < 4.78 is 10.5. The van der Waals surface area contributed by atoms with E-state index in [9.17, 15) is 9.59 Å². The smallest absolute Gasteiger partial charge is 0.237 e. The molecule has 1 aromatic carbocycles. The molecule has 144 valence electrons. The highest BCUT2D eigenvalue weighted by Crippen LogP contribution is 2.18. The van der Waals surface area contributed by atoms with Crippen molar-refractivity contribution in [2.24, 2.45) is 0 Å². The molecule has 2 heterocycles. The summed E-state index contributed by atoms with van der Waals surface area (Å²) >= 11 is 0. The van der Waals surface area contributed by atoms with Gasteiger partial charge in [0.1, 0.15) is 11.5 Å². The van der Waals surface area contributed by atoms with Crippen molar-refractivity contribution in [3.63, 3.8) is 0 Å². The maximum Gasteiger partial charge on any atom is 0.237 e. The third-order valence-electron chi connectivity index (χ3n) is 4.70. The van der Waals surface area contributed by atoms with E-state index in [-0.39, 0.29) is 24.4 Å². The SMILES string of the molecule is COc1ccccc1CNC(=O)CN1CCCC1C(=O)NCc1ccco1. The maximum absolute atomic E-state index is 12.5. The van der Waals surface area contributed by atoms with Crippen molar-refractivity contribution in [1.82, 2.24) is 15.5 Å². The van der Waals surface area contributed by atoms with E-state index >= 15 is 0 Å². The zero-order valence-electron chi connectivity index (χ0n) is 15.4.